The van der Waals surface area contributed by atoms with Gasteiger partial charge in [-0.1, -0.05) is 0 Å². The summed E-state index contributed by atoms with van der Waals surface area (Å²) < 4.78 is 0. The molecule has 0 radical (unpaired) electrons. The molecule has 0 aliphatic carbocycles. The molecular weight excluding hydrogens is 276 g/mol. The van der Waals surface area contributed by atoms with Crippen molar-refractivity contribution in [3.05, 3.63) is 17.5 Å². The van der Waals surface area contributed by atoms with E-state index in [0.717, 1.165) is 44.7 Å². The summed E-state index contributed by atoms with van der Waals surface area (Å²) >= 11 is 0. The molecule has 5 nitrogen and oxygen atoms in total. The van der Waals surface area contributed by atoms with Crippen molar-refractivity contribution in [2.24, 2.45) is 5.41 Å². The summed E-state index contributed by atoms with van der Waals surface area (Å²) in [5.41, 5.74) is 1.98. The van der Waals surface area contributed by atoms with Gasteiger partial charge in [-0.2, -0.15) is 5.10 Å². The Bertz CT molecular complexity index is 457. The van der Waals surface area contributed by atoms with Gasteiger partial charge in [0.2, 0.25) is 0 Å². The van der Waals surface area contributed by atoms with Crippen LogP contribution in [0.4, 0.5) is 0 Å². The van der Waals surface area contributed by atoms with Crippen molar-refractivity contribution in [3.63, 3.8) is 0 Å². The normalized spacial score (nSPS) is 21.6. The molecule has 6 heteroatoms. The maximum absolute atomic E-state index is 12.3. The van der Waals surface area contributed by atoms with E-state index in [9.17, 15) is 4.79 Å². The standard InChI is InChI=1S/C14H22N4O.ClH/c1-11-10-12(17-16-11)13(19)18-8-4-14(5-9-18)2-6-15-7-3-14;/h10,15H,2-9H2,1H3,(H,16,17);1H. The van der Waals surface area contributed by atoms with Gasteiger partial charge in [0.1, 0.15) is 5.69 Å². The Morgan fingerprint density at radius 2 is 1.90 bits per heavy atom. The van der Waals surface area contributed by atoms with Crippen molar-refractivity contribution in [3.8, 4) is 0 Å². The molecule has 1 aromatic heterocycles. The van der Waals surface area contributed by atoms with Crippen molar-refractivity contribution in [1.29, 1.82) is 0 Å². The number of piperidine rings is 2. The quantitative estimate of drug-likeness (QED) is 0.830. The number of halogens is 1. The van der Waals surface area contributed by atoms with E-state index in [0.29, 0.717) is 11.1 Å². The molecule has 1 aromatic rings. The zero-order valence-electron chi connectivity index (χ0n) is 11.9. The first kappa shape index (κ1) is 15.3. The number of nitrogens with zero attached hydrogens (tertiary/aromatic N) is 2. The van der Waals surface area contributed by atoms with Gasteiger partial charge in [0, 0.05) is 18.8 Å². The molecule has 20 heavy (non-hydrogen) atoms. The Kier molecular flexibility index (Phi) is 4.70. The van der Waals surface area contributed by atoms with Crippen molar-refractivity contribution in [2.45, 2.75) is 32.6 Å². The number of aromatic amines is 1. The van der Waals surface area contributed by atoms with Crippen LogP contribution in [0.15, 0.2) is 6.07 Å². The molecule has 0 bridgehead atoms. The first-order chi connectivity index (χ1) is 9.19. The molecule has 2 N–H and O–H groups in total. The number of hydrogen-bond acceptors (Lipinski definition) is 3. The van der Waals surface area contributed by atoms with E-state index in [1.807, 2.05) is 17.9 Å². The van der Waals surface area contributed by atoms with Gasteiger partial charge in [0.15, 0.2) is 0 Å². The fourth-order valence-corrected chi connectivity index (χ4v) is 3.33. The zero-order valence-corrected chi connectivity index (χ0v) is 12.8. The minimum absolute atomic E-state index is 0. The van der Waals surface area contributed by atoms with Crippen LogP contribution in [0.25, 0.3) is 0 Å². The van der Waals surface area contributed by atoms with Crippen LogP contribution < -0.4 is 5.32 Å². The number of aryl methyl sites for hydroxylation is 1. The van der Waals surface area contributed by atoms with Crippen LogP contribution in [-0.2, 0) is 0 Å². The van der Waals surface area contributed by atoms with Crippen LogP contribution in [-0.4, -0.2) is 47.2 Å². The van der Waals surface area contributed by atoms with E-state index in [4.69, 9.17) is 0 Å². The Morgan fingerprint density at radius 1 is 1.25 bits per heavy atom. The van der Waals surface area contributed by atoms with Crippen molar-refractivity contribution in [1.82, 2.24) is 20.4 Å². The maximum atomic E-state index is 12.3. The number of hydrogen-bond donors (Lipinski definition) is 2. The molecule has 3 heterocycles. The summed E-state index contributed by atoms with van der Waals surface area (Å²) in [4.78, 5) is 14.3. The van der Waals surface area contributed by atoms with Gasteiger partial charge in [-0.05, 0) is 57.2 Å². The maximum Gasteiger partial charge on any atom is 0.274 e. The molecule has 1 spiro atoms. The van der Waals surface area contributed by atoms with Crippen LogP contribution >= 0.6 is 12.4 Å². The Hall–Kier alpha value is -1.07. The fourth-order valence-electron chi connectivity index (χ4n) is 3.33. The fraction of sp³-hybridized carbons (Fsp3) is 0.714. The summed E-state index contributed by atoms with van der Waals surface area (Å²) in [5.74, 6) is 0.0770. The van der Waals surface area contributed by atoms with Crippen LogP contribution in [0.3, 0.4) is 0 Å². The third kappa shape index (κ3) is 2.99. The summed E-state index contributed by atoms with van der Waals surface area (Å²) in [7, 11) is 0. The molecule has 2 aliphatic rings. The highest BCUT2D eigenvalue weighted by Crippen LogP contribution is 2.39. The third-order valence-corrected chi connectivity index (χ3v) is 4.70. The van der Waals surface area contributed by atoms with Gasteiger partial charge in [0.05, 0.1) is 0 Å². The van der Waals surface area contributed by atoms with Gasteiger partial charge in [-0.25, -0.2) is 0 Å². The monoisotopic (exact) mass is 298 g/mol. The largest absolute Gasteiger partial charge is 0.337 e. The van der Waals surface area contributed by atoms with E-state index in [-0.39, 0.29) is 18.3 Å². The van der Waals surface area contributed by atoms with Gasteiger partial charge in [-0.3, -0.25) is 9.89 Å². The van der Waals surface area contributed by atoms with Gasteiger partial charge in [0.25, 0.3) is 5.91 Å². The summed E-state index contributed by atoms with van der Waals surface area (Å²) in [6.45, 7) is 5.94. The lowest BCUT2D eigenvalue weighted by Crippen LogP contribution is -2.47. The number of nitrogens with one attached hydrogen (secondary N) is 2. The second-order valence-electron chi connectivity index (χ2n) is 5.98. The average Bonchev–Trinajstić information content (AvgIpc) is 2.87. The van der Waals surface area contributed by atoms with Crippen molar-refractivity contribution < 1.29 is 4.79 Å². The molecular formula is C14H23ClN4O. The predicted octanol–water partition coefficient (Wildman–Crippen LogP) is 1.75. The lowest BCUT2D eigenvalue weighted by Gasteiger charge is -2.44. The molecule has 0 unspecified atom stereocenters. The molecule has 0 saturated carbocycles. The highest BCUT2D eigenvalue weighted by Gasteiger charge is 2.37. The molecule has 2 aliphatic heterocycles. The summed E-state index contributed by atoms with van der Waals surface area (Å²) in [5, 5.41) is 10.3. The topological polar surface area (TPSA) is 61.0 Å². The van der Waals surface area contributed by atoms with E-state index in [2.05, 4.69) is 15.5 Å². The molecule has 112 valence electrons. The second kappa shape index (κ2) is 6.14. The van der Waals surface area contributed by atoms with Crippen LogP contribution in [0.2, 0.25) is 0 Å². The third-order valence-electron chi connectivity index (χ3n) is 4.70. The minimum atomic E-state index is 0. The number of likely N-dealkylation sites (tertiary alicyclic amines) is 1. The molecule has 1 amide bonds. The van der Waals surface area contributed by atoms with E-state index in [1.165, 1.54) is 12.8 Å². The number of carbonyl (C=O) groups excluding carboxylic acids is 1. The molecule has 3 rings (SSSR count). The highest BCUT2D eigenvalue weighted by molar-refractivity contribution is 5.92. The number of aromatic nitrogens is 2. The molecule has 2 fully saturated rings. The molecule has 0 atom stereocenters. The average molecular weight is 299 g/mol. The zero-order chi connectivity index (χ0) is 13.3. The Morgan fingerprint density at radius 3 is 2.45 bits per heavy atom. The predicted molar refractivity (Wildman–Crippen MR) is 80.2 cm³/mol. The number of H-pyrrole nitrogens is 1. The van der Waals surface area contributed by atoms with Gasteiger partial charge < -0.3 is 10.2 Å². The first-order valence-electron chi connectivity index (χ1n) is 7.21. The number of amides is 1. The van der Waals surface area contributed by atoms with Crippen LogP contribution in [0, 0.1) is 12.3 Å². The van der Waals surface area contributed by atoms with Crippen LogP contribution in [0.1, 0.15) is 41.9 Å². The lowest BCUT2D eigenvalue weighted by molar-refractivity contribution is 0.0491. The first-order valence-corrected chi connectivity index (χ1v) is 7.21. The lowest BCUT2D eigenvalue weighted by atomic mass is 9.71. The van der Waals surface area contributed by atoms with Gasteiger partial charge in [-0.15, -0.1) is 12.4 Å². The Labute approximate surface area is 125 Å². The Balaban J connectivity index is 0.00000147. The second-order valence-corrected chi connectivity index (χ2v) is 5.98. The van der Waals surface area contributed by atoms with Crippen molar-refractivity contribution >= 4 is 18.3 Å². The number of carbonyl (C=O) groups is 1. The summed E-state index contributed by atoms with van der Waals surface area (Å²) in [6, 6.07) is 1.83. The smallest absolute Gasteiger partial charge is 0.274 e. The van der Waals surface area contributed by atoms with Crippen molar-refractivity contribution in [2.75, 3.05) is 26.2 Å². The SMILES string of the molecule is Cc1cc(C(=O)N2CCC3(CCNCC3)CC2)n[nH]1.Cl. The van der Waals surface area contributed by atoms with E-state index >= 15 is 0 Å². The van der Waals surface area contributed by atoms with Crippen LogP contribution in [0.5, 0.6) is 0 Å². The van der Waals surface area contributed by atoms with E-state index < -0.39 is 0 Å². The highest BCUT2D eigenvalue weighted by atomic mass is 35.5. The minimum Gasteiger partial charge on any atom is -0.337 e. The van der Waals surface area contributed by atoms with E-state index in [1.54, 1.807) is 0 Å². The molecule has 2 saturated heterocycles. The van der Waals surface area contributed by atoms with Gasteiger partial charge >= 0.3 is 0 Å². The molecule has 0 aromatic carbocycles. The number of rotatable bonds is 1. The summed E-state index contributed by atoms with van der Waals surface area (Å²) in [6.07, 6.45) is 4.81.